The number of nitrogens with zero attached hydrogens (tertiary/aromatic N) is 5. The summed E-state index contributed by atoms with van der Waals surface area (Å²) in [5.74, 6) is 2.49. The third kappa shape index (κ3) is 4.15. The minimum atomic E-state index is 0. The first-order valence-corrected chi connectivity index (χ1v) is 7.83. The van der Waals surface area contributed by atoms with Crippen molar-refractivity contribution in [1.82, 2.24) is 20.0 Å². The lowest BCUT2D eigenvalue weighted by Gasteiger charge is -2.35. The quantitative estimate of drug-likeness (QED) is 0.439. The van der Waals surface area contributed by atoms with Gasteiger partial charge in [-0.2, -0.15) is 5.10 Å². The van der Waals surface area contributed by atoms with Crippen LogP contribution in [0.3, 0.4) is 0 Å². The molecule has 2 aliphatic rings. The van der Waals surface area contributed by atoms with E-state index in [1.165, 1.54) is 6.42 Å². The Bertz CT molecular complexity index is 586. The number of aromatic nitrogens is 2. The third-order valence-electron chi connectivity index (χ3n) is 4.53. The molecule has 2 heterocycles. The molecule has 8 heteroatoms. The third-order valence-corrected chi connectivity index (χ3v) is 4.53. The van der Waals surface area contributed by atoms with Crippen molar-refractivity contribution in [2.75, 3.05) is 38.1 Å². The molecule has 2 atom stereocenters. The van der Waals surface area contributed by atoms with Crippen molar-refractivity contribution in [3.8, 4) is 0 Å². The van der Waals surface area contributed by atoms with E-state index in [0.717, 1.165) is 36.6 Å². The average Bonchev–Trinajstić information content (AvgIpc) is 3.03. The minimum absolute atomic E-state index is 0. The van der Waals surface area contributed by atoms with Gasteiger partial charge in [0.25, 0.3) is 0 Å². The first-order valence-electron chi connectivity index (χ1n) is 7.83. The van der Waals surface area contributed by atoms with Crippen LogP contribution in [0.5, 0.6) is 0 Å². The zero-order valence-corrected chi connectivity index (χ0v) is 16.2. The lowest BCUT2D eigenvalue weighted by atomic mass is 10.3. The SMILES string of the molecule is CN=C(NCC1CC1C)N1CCN(c2cnn(C)c2)C(=O)C1.I. The molecule has 128 valence electrons. The molecule has 1 saturated heterocycles. The number of rotatable bonds is 3. The van der Waals surface area contributed by atoms with E-state index in [-0.39, 0.29) is 29.9 Å². The van der Waals surface area contributed by atoms with Gasteiger partial charge in [-0.3, -0.25) is 14.5 Å². The Balaban J connectivity index is 0.00000192. The highest BCUT2D eigenvalue weighted by atomic mass is 127. The first-order chi connectivity index (χ1) is 10.6. The Morgan fingerprint density at radius 3 is 2.74 bits per heavy atom. The number of guanidine groups is 1. The largest absolute Gasteiger partial charge is 0.356 e. The summed E-state index contributed by atoms with van der Waals surface area (Å²) in [6.45, 7) is 5.01. The van der Waals surface area contributed by atoms with Gasteiger partial charge in [-0.05, 0) is 18.3 Å². The Labute approximate surface area is 154 Å². The molecule has 3 rings (SSSR count). The predicted octanol–water partition coefficient (Wildman–Crippen LogP) is 0.918. The van der Waals surface area contributed by atoms with Crippen molar-refractivity contribution in [3.05, 3.63) is 12.4 Å². The van der Waals surface area contributed by atoms with Gasteiger partial charge in [0.1, 0.15) is 6.54 Å². The van der Waals surface area contributed by atoms with E-state index in [2.05, 4.69) is 22.3 Å². The average molecular weight is 432 g/mol. The summed E-state index contributed by atoms with van der Waals surface area (Å²) in [5, 5.41) is 7.53. The molecule has 1 N–H and O–H groups in total. The topological polar surface area (TPSA) is 65.8 Å². The molecule has 0 aromatic carbocycles. The maximum Gasteiger partial charge on any atom is 0.246 e. The van der Waals surface area contributed by atoms with E-state index in [0.29, 0.717) is 13.1 Å². The molecule has 1 aromatic heterocycles. The smallest absolute Gasteiger partial charge is 0.246 e. The fourth-order valence-electron chi connectivity index (χ4n) is 2.91. The van der Waals surface area contributed by atoms with E-state index in [1.54, 1.807) is 22.8 Å². The highest BCUT2D eigenvalue weighted by Crippen LogP contribution is 2.36. The molecular formula is C15H25IN6O. The number of aryl methyl sites for hydroxylation is 1. The Morgan fingerprint density at radius 2 is 2.22 bits per heavy atom. The van der Waals surface area contributed by atoms with E-state index in [4.69, 9.17) is 0 Å². The molecule has 1 aliphatic heterocycles. The first kappa shape index (κ1) is 18.0. The standard InChI is InChI=1S/C15H24N6O.HI/c1-11-6-12(11)7-17-15(16-2)20-4-5-21(14(22)10-20)13-8-18-19(3)9-13;/h8-9,11-12H,4-7,10H2,1-3H3,(H,16,17);1H. The number of piperazine rings is 1. The van der Waals surface area contributed by atoms with Crippen LogP contribution in [-0.4, -0.2) is 59.8 Å². The fraction of sp³-hybridized carbons (Fsp3) is 0.667. The normalized spacial score (nSPS) is 24.5. The van der Waals surface area contributed by atoms with Crippen LogP contribution in [-0.2, 0) is 11.8 Å². The number of anilines is 1. The van der Waals surface area contributed by atoms with Gasteiger partial charge in [-0.1, -0.05) is 6.92 Å². The molecule has 7 nitrogen and oxygen atoms in total. The van der Waals surface area contributed by atoms with Gasteiger partial charge in [0, 0.05) is 39.9 Å². The van der Waals surface area contributed by atoms with Gasteiger partial charge < -0.3 is 15.1 Å². The molecule has 1 aliphatic carbocycles. The number of amides is 1. The van der Waals surface area contributed by atoms with Crippen molar-refractivity contribution >= 4 is 41.5 Å². The maximum absolute atomic E-state index is 12.4. The molecule has 1 aromatic rings. The van der Waals surface area contributed by atoms with E-state index < -0.39 is 0 Å². The van der Waals surface area contributed by atoms with Crippen molar-refractivity contribution in [3.63, 3.8) is 0 Å². The maximum atomic E-state index is 12.4. The highest BCUT2D eigenvalue weighted by molar-refractivity contribution is 14.0. The van der Waals surface area contributed by atoms with Gasteiger partial charge in [0.05, 0.1) is 11.9 Å². The zero-order chi connectivity index (χ0) is 15.7. The Morgan fingerprint density at radius 1 is 1.48 bits per heavy atom. The summed E-state index contributed by atoms with van der Waals surface area (Å²) in [6.07, 6.45) is 4.89. The van der Waals surface area contributed by atoms with E-state index >= 15 is 0 Å². The summed E-state index contributed by atoms with van der Waals surface area (Å²) < 4.78 is 1.71. The number of hydrogen-bond acceptors (Lipinski definition) is 3. The van der Waals surface area contributed by atoms with Gasteiger partial charge in [0.15, 0.2) is 5.96 Å². The molecule has 2 fully saturated rings. The number of carbonyl (C=O) groups is 1. The monoisotopic (exact) mass is 432 g/mol. The molecule has 1 saturated carbocycles. The second kappa shape index (κ2) is 7.50. The minimum Gasteiger partial charge on any atom is -0.356 e. The van der Waals surface area contributed by atoms with Crippen LogP contribution in [0.4, 0.5) is 5.69 Å². The van der Waals surface area contributed by atoms with Crippen LogP contribution in [0.15, 0.2) is 17.4 Å². The zero-order valence-electron chi connectivity index (χ0n) is 13.9. The molecule has 1 amide bonds. The number of aliphatic imine (C=N–C) groups is 1. The fourth-order valence-corrected chi connectivity index (χ4v) is 2.91. The second-order valence-electron chi connectivity index (χ2n) is 6.24. The van der Waals surface area contributed by atoms with Gasteiger partial charge in [-0.25, -0.2) is 0 Å². The Hall–Kier alpha value is -1.32. The van der Waals surface area contributed by atoms with E-state index in [9.17, 15) is 4.79 Å². The van der Waals surface area contributed by atoms with Crippen molar-refractivity contribution in [1.29, 1.82) is 0 Å². The van der Waals surface area contributed by atoms with Crippen LogP contribution in [0.1, 0.15) is 13.3 Å². The number of hydrogen-bond donors (Lipinski definition) is 1. The molecule has 0 spiro atoms. The molecule has 0 bridgehead atoms. The summed E-state index contributed by atoms with van der Waals surface area (Å²) in [5.41, 5.74) is 0.863. The van der Waals surface area contributed by atoms with Crippen molar-refractivity contribution < 1.29 is 4.79 Å². The molecular weight excluding hydrogens is 407 g/mol. The highest BCUT2D eigenvalue weighted by Gasteiger charge is 2.33. The molecule has 2 unspecified atom stereocenters. The lowest BCUT2D eigenvalue weighted by Crippen LogP contribution is -2.55. The molecule has 0 radical (unpaired) electrons. The number of halogens is 1. The number of carbonyl (C=O) groups excluding carboxylic acids is 1. The second-order valence-corrected chi connectivity index (χ2v) is 6.24. The Kier molecular flexibility index (Phi) is 5.88. The summed E-state index contributed by atoms with van der Waals surface area (Å²) in [4.78, 5) is 20.5. The van der Waals surface area contributed by atoms with Gasteiger partial charge >= 0.3 is 0 Å². The van der Waals surface area contributed by atoms with Gasteiger partial charge in [0.2, 0.25) is 5.91 Å². The van der Waals surface area contributed by atoms with Crippen LogP contribution < -0.4 is 10.2 Å². The summed E-state index contributed by atoms with van der Waals surface area (Å²) in [7, 11) is 3.63. The predicted molar refractivity (Wildman–Crippen MR) is 101 cm³/mol. The summed E-state index contributed by atoms with van der Waals surface area (Å²) in [6, 6.07) is 0. The molecule has 23 heavy (non-hydrogen) atoms. The van der Waals surface area contributed by atoms with Crippen LogP contribution >= 0.6 is 24.0 Å². The van der Waals surface area contributed by atoms with E-state index in [1.807, 2.05) is 18.1 Å². The van der Waals surface area contributed by atoms with Crippen LogP contribution in [0.25, 0.3) is 0 Å². The van der Waals surface area contributed by atoms with Crippen LogP contribution in [0, 0.1) is 11.8 Å². The lowest BCUT2D eigenvalue weighted by molar-refractivity contribution is -0.120. The van der Waals surface area contributed by atoms with Crippen molar-refractivity contribution in [2.24, 2.45) is 23.9 Å². The van der Waals surface area contributed by atoms with Crippen molar-refractivity contribution in [2.45, 2.75) is 13.3 Å². The van der Waals surface area contributed by atoms with Gasteiger partial charge in [-0.15, -0.1) is 24.0 Å². The summed E-state index contributed by atoms with van der Waals surface area (Å²) >= 11 is 0. The number of nitrogens with one attached hydrogen (secondary N) is 1. The van der Waals surface area contributed by atoms with Crippen LogP contribution in [0.2, 0.25) is 0 Å².